The summed E-state index contributed by atoms with van der Waals surface area (Å²) >= 11 is 17.9. The minimum Gasteiger partial charge on any atom is -0.323 e. The van der Waals surface area contributed by atoms with Crippen molar-refractivity contribution in [1.29, 1.82) is 0 Å². The number of hydrogen-bond donors (Lipinski definition) is 2. The third kappa shape index (κ3) is 3.78. The number of hydrogen-bond acceptors (Lipinski definition) is 3. The summed E-state index contributed by atoms with van der Waals surface area (Å²) in [5.41, 5.74) is -1.07. The Morgan fingerprint density at radius 2 is 1.86 bits per heavy atom. The van der Waals surface area contributed by atoms with Gasteiger partial charge in [-0.25, -0.2) is 9.18 Å². The van der Waals surface area contributed by atoms with Crippen molar-refractivity contribution in [2.45, 2.75) is 12.5 Å². The average molecular weight is 445 g/mol. The molecule has 1 aliphatic rings. The van der Waals surface area contributed by atoms with Crippen LogP contribution in [0.25, 0.3) is 0 Å². The molecule has 0 saturated carbocycles. The zero-order valence-corrected chi connectivity index (χ0v) is 16.6. The van der Waals surface area contributed by atoms with Crippen LogP contribution in [0.15, 0.2) is 36.4 Å². The minimum absolute atomic E-state index is 0.0202. The van der Waals surface area contributed by atoms with Gasteiger partial charge in [0.2, 0.25) is 5.91 Å². The summed E-state index contributed by atoms with van der Waals surface area (Å²) < 4.78 is 13.3. The lowest BCUT2D eigenvalue weighted by atomic mass is 9.92. The first-order chi connectivity index (χ1) is 13.1. The van der Waals surface area contributed by atoms with Gasteiger partial charge in [0.05, 0.1) is 10.7 Å². The smallest absolute Gasteiger partial charge is 0.323 e. The van der Waals surface area contributed by atoms with Gasteiger partial charge in [0.1, 0.15) is 17.9 Å². The highest BCUT2D eigenvalue weighted by molar-refractivity contribution is 6.35. The number of amides is 4. The fraction of sp³-hybridized carbons (Fsp3) is 0.167. The fourth-order valence-corrected chi connectivity index (χ4v) is 3.54. The number of nitrogens with one attached hydrogen (secondary N) is 2. The molecule has 3 rings (SSSR count). The predicted octanol–water partition coefficient (Wildman–Crippen LogP) is 4.19. The second-order valence-electron chi connectivity index (χ2n) is 6.24. The molecular weight excluding hydrogens is 432 g/mol. The Balaban J connectivity index is 1.80. The quantitative estimate of drug-likeness (QED) is 0.694. The molecule has 10 heteroatoms. The maximum atomic E-state index is 13.3. The topological polar surface area (TPSA) is 78.5 Å². The zero-order chi connectivity index (χ0) is 20.6. The molecular formula is C18H13Cl3FN3O3. The van der Waals surface area contributed by atoms with E-state index < -0.39 is 35.7 Å². The van der Waals surface area contributed by atoms with Crippen molar-refractivity contribution >= 4 is 58.3 Å². The van der Waals surface area contributed by atoms with Crippen LogP contribution in [0.1, 0.15) is 12.5 Å². The first-order valence-corrected chi connectivity index (χ1v) is 9.10. The number of carbonyl (C=O) groups is 3. The van der Waals surface area contributed by atoms with Gasteiger partial charge >= 0.3 is 6.03 Å². The Labute approximate surface area is 174 Å². The normalized spacial score (nSPS) is 19.0. The average Bonchev–Trinajstić information content (AvgIpc) is 2.82. The lowest BCUT2D eigenvalue weighted by molar-refractivity contribution is -0.133. The standard InChI is InChI=1S/C18H13Cl3FN3O3/c1-18(11-4-3-10(22)7-13(11)21)16(27)25(17(28)24-18)8-15(26)23-14-6-9(19)2-5-12(14)20/h2-7H,8H2,1H3,(H,23,26)(H,24,28). The first kappa shape index (κ1) is 20.4. The largest absolute Gasteiger partial charge is 0.325 e. The van der Waals surface area contributed by atoms with Crippen LogP contribution in [0.2, 0.25) is 15.1 Å². The molecule has 6 nitrogen and oxygen atoms in total. The Kier molecular flexibility index (Phi) is 5.52. The van der Waals surface area contributed by atoms with Crippen LogP contribution in [0.5, 0.6) is 0 Å². The predicted molar refractivity (Wildman–Crippen MR) is 104 cm³/mol. The highest BCUT2D eigenvalue weighted by Crippen LogP contribution is 2.34. The van der Waals surface area contributed by atoms with Crippen molar-refractivity contribution in [3.05, 3.63) is 62.8 Å². The van der Waals surface area contributed by atoms with Gasteiger partial charge in [0.15, 0.2) is 0 Å². The van der Waals surface area contributed by atoms with Gasteiger partial charge in [-0.1, -0.05) is 40.9 Å². The van der Waals surface area contributed by atoms with Gasteiger partial charge < -0.3 is 10.6 Å². The molecule has 0 radical (unpaired) electrons. The Morgan fingerprint density at radius 3 is 2.54 bits per heavy atom. The third-order valence-corrected chi connectivity index (χ3v) is 5.13. The molecule has 2 aromatic rings. The van der Waals surface area contributed by atoms with Gasteiger partial charge in [0.25, 0.3) is 5.91 Å². The van der Waals surface area contributed by atoms with Crippen LogP contribution in [-0.2, 0) is 15.1 Å². The highest BCUT2D eigenvalue weighted by Gasteiger charge is 2.50. The van der Waals surface area contributed by atoms with Crippen LogP contribution in [0, 0.1) is 5.82 Å². The van der Waals surface area contributed by atoms with Crippen LogP contribution in [-0.4, -0.2) is 29.3 Å². The molecule has 1 aliphatic heterocycles. The van der Waals surface area contributed by atoms with E-state index in [9.17, 15) is 18.8 Å². The summed E-state index contributed by atoms with van der Waals surface area (Å²) in [6.07, 6.45) is 0. The molecule has 146 valence electrons. The molecule has 0 aliphatic carbocycles. The van der Waals surface area contributed by atoms with Crippen molar-refractivity contribution in [3.63, 3.8) is 0 Å². The molecule has 28 heavy (non-hydrogen) atoms. The number of urea groups is 1. The summed E-state index contributed by atoms with van der Waals surface area (Å²) in [4.78, 5) is 38.2. The van der Waals surface area contributed by atoms with E-state index in [1.54, 1.807) is 6.07 Å². The Bertz CT molecular complexity index is 1000. The molecule has 0 bridgehead atoms. The number of anilines is 1. The molecule has 1 unspecified atom stereocenters. The lowest BCUT2D eigenvalue weighted by Crippen LogP contribution is -2.42. The number of nitrogens with zero attached hydrogens (tertiary/aromatic N) is 1. The molecule has 0 aromatic heterocycles. The first-order valence-electron chi connectivity index (χ1n) is 7.96. The maximum Gasteiger partial charge on any atom is 0.325 e. The van der Waals surface area contributed by atoms with E-state index in [4.69, 9.17) is 34.8 Å². The summed E-state index contributed by atoms with van der Waals surface area (Å²) in [7, 11) is 0. The number of imide groups is 1. The van der Waals surface area contributed by atoms with Gasteiger partial charge in [-0.3, -0.25) is 14.5 Å². The number of benzene rings is 2. The van der Waals surface area contributed by atoms with Crippen LogP contribution < -0.4 is 10.6 Å². The van der Waals surface area contributed by atoms with E-state index >= 15 is 0 Å². The van der Waals surface area contributed by atoms with E-state index in [0.717, 1.165) is 17.0 Å². The van der Waals surface area contributed by atoms with Crippen molar-refractivity contribution in [3.8, 4) is 0 Å². The number of rotatable bonds is 4. The van der Waals surface area contributed by atoms with Crippen LogP contribution in [0.3, 0.4) is 0 Å². The van der Waals surface area contributed by atoms with Gasteiger partial charge in [0, 0.05) is 15.6 Å². The fourth-order valence-electron chi connectivity index (χ4n) is 2.84. The molecule has 1 heterocycles. The summed E-state index contributed by atoms with van der Waals surface area (Å²) in [5.74, 6) is -1.93. The summed E-state index contributed by atoms with van der Waals surface area (Å²) in [6, 6.07) is 7.19. The second kappa shape index (κ2) is 7.58. The zero-order valence-electron chi connectivity index (χ0n) is 14.4. The van der Waals surface area contributed by atoms with Gasteiger partial charge in [-0.05, 0) is 37.3 Å². The Hall–Kier alpha value is -2.35. The van der Waals surface area contributed by atoms with E-state index in [1.807, 2.05) is 0 Å². The van der Waals surface area contributed by atoms with Gasteiger partial charge in [-0.15, -0.1) is 0 Å². The van der Waals surface area contributed by atoms with E-state index in [0.29, 0.717) is 5.02 Å². The van der Waals surface area contributed by atoms with Gasteiger partial charge in [-0.2, -0.15) is 0 Å². The molecule has 4 amide bonds. The minimum atomic E-state index is -1.53. The maximum absolute atomic E-state index is 13.3. The lowest BCUT2D eigenvalue weighted by Gasteiger charge is -2.23. The SMILES string of the molecule is CC1(c2ccc(F)cc2Cl)NC(=O)N(CC(=O)Nc2cc(Cl)ccc2Cl)C1=O. The molecule has 2 N–H and O–H groups in total. The summed E-state index contributed by atoms with van der Waals surface area (Å²) in [6.45, 7) is 0.875. The third-order valence-electron chi connectivity index (χ3n) is 4.25. The molecule has 1 saturated heterocycles. The number of carbonyl (C=O) groups excluding carboxylic acids is 3. The molecule has 2 aromatic carbocycles. The highest BCUT2D eigenvalue weighted by atomic mass is 35.5. The van der Waals surface area contributed by atoms with Crippen molar-refractivity contribution in [2.75, 3.05) is 11.9 Å². The monoisotopic (exact) mass is 443 g/mol. The van der Waals surface area contributed by atoms with Crippen molar-refractivity contribution in [1.82, 2.24) is 10.2 Å². The van der Waals surface area contributed by atoms with Crippen LogP contribution in [0.4, 0.5) is 14.9 Å². The van der Waals surface area contributed by atoms with E-state index in [2.05, 4.69) is 10.6 Å². The second-order valence-corrected chi connectivity index (χ2v) is 7.49. The number of halogens is 4. The molecule has 1 fully saturated rings. The molecule has 1 atom stereocenters. The Morgan fingerprint density at radius 1 is 1.14 bits per heavy atom. The van der Waals surface area contributed by atoms with E-state index in [-0.39, 0.29) is 21.3 Å². The molecule has 0 spiro atoms. The van der Waals surface area contributed by atoms with Crippen LogP contribution >= 0.6 is 34.8 Å². The summed E-state index contributed by atoms with van der Waals surface area (Å²) in [5, 5.41) is 5.58. The van der Waals surface area contributed by atoms with E-state index in [1.165, 1.54) is 25.1 Å². The van der Waals surface area contributed by atoms with Crippen molar-refractivity contribution in [2.24, 2.45) is 0 Å². The van der Waals surface area contributed by atoms with Crippen molar-refractivity contribution < 1.29 is 18.8 Å².